The molecule has 0 amide bonds. The number of fused-ring (bicyclic) bond motifs is 3. The molecule has 2 N–H and O–H groups in total. The third kappa shape index (κ3) is 2.30. The van der Waals surface area contributed by atoms with Crippen LogP contribution in [0.3, 0.4) is 0 Å². The number of carbonyl (C=O) groups is 1. The van der Waals surface area contributed by atoms with E-state index in [1.165, 1.54) is 19.1 Å². The fourth-order valence-electron chi connectivity index (χ4n) is 3.71. The Morgan fingerprint density at radius 2 is 1.73 bits per heavy atom. The average molecular weight is 366 g/mol. The van der Waals surface area contributed by atoms with Gasteiger partial charge in [-0.15, -0.1) is 0 Å². The molecule has 2 aromatic carbocycles. The first-order chi connectivity index (χ1) is 12.0. The van der Waals surface area contributed by atoms with Crippen molar-refractivity contribution in [2.24, 2.45) is 0 Å². The smallest absolute Gasteiger partial charge is 0.425 e. The van der Waals surface area contributed by atoms with Crippen molar-refractivity contribution in [3.05, 3.63) is 52.1 Å². The van der Waals surface area contributed by atoms with Crippen LogP contribution >= 0.6 is 0 Å². The van der Waals surface area contributed by atoms with E-state index in [2.05, 4.69) is 0 Å². The van der Waals surface area contributed by atoms with Gasteiger partial charge in [-0.1, -0.05) is 24.3 Å². The van der Waals surface area contributed by atoms with Gasteiger partial charge in [-0.2, -0.15) is 13.2 Å². The molecule has 2 aromatic rings. The summed E-state index contributed by atoms with van der Waals surface area (Å²) in [5, 5.41) is 19.7. The lowest BCUT2D eigenvalue weighted by molar-refractivity contribution is -0.247. The second-order valence-electron chi connectivity index (χ2n) is 6.39. The fourth-order valence-corrected chi connectivity index (χ4v) is 3.71. The van der Waals surface area contributed by atoms with Gasteiger partial charge in [0.15, 0.2) is 6.61 Å². The van der Waals surface area contributed by atoms with Crippen LogP contribution in [0.15, 0.2) is 24.3 Å². The van der Waals surface area contributed by atoms with E-state index >= 15 is 0 Å². The fraction of sp³-hybridized carbons (Fsp3) is 0.316. The molecule has 0 saturated heterocycles. The summed E-state index contributed by atoms with van der Waals surface area (Å²) in [5.41, 5.74) is -1.93. The molecular formula is C19H17F3O4. The van der Waals surface area contributed by atoms with E-state index in [4.69, 9.17) is 9.84 Å². The quantitative estimate of drug-likeness (QED) is 0.866. The Labute approximate surface area is 147 Å². The lowest BCUT2D eigenvalue weighted by atomic mass is 9.85. The van der Waals surface area contributed by atoms with Crippen LogP contribution < -0.4 is 4.74 Å². The molecule has 3 rings (SSSR count). The molecule has 1 aliphatic carbocycles. The summed E-state index contributed by atoms with van der Waals surface area (Å²) in [7, 11) is 0. The summed E-state index contributed by atoms with van der Waals surface area (Å²) >= 11 is 0. The number of carboxylic acid groups (broad SMARTS) is 1. The van der Waals surface area contributed by atoms with Crippen molar-refractivity contribution in [2.45, 2.75) is 32.5 Å². The normalized spacial score (nSPS) is 18.4. The highest BCUT2D eigenvalue weighted by atomic mass is 19.4. The largest absolute Gasteiger partial charge is 0.481 e. The minimum Gasteiger partial charge on any atom is -0.481 e. The van der Waals surface area contributed by atoms with Crippen LogP contribution in [-0.4, -0.2) is 29.0 Å². The van der Waals surface area contributed by atoms with Gasteiger partial charge in [0.05, 0.1) is 0 Å². The third-order valence-electron chi connectivity index (χ3n) is 4.94. The van der Waals surface area contributed by atoms with Gasteiger partial charge in [0.1, 0.15) is 5.75 Å². The molecule has 0 saturated carbocycles. The molecule has 1 aliphatic rings. The molecular weight excluding hydrogens is 349 g/mol. The van der Waals surface area contributed by atoms with Crippen LogP contribution in [0.1, 0.15) is 27.8 Å². The van der Waals surface area contributed by atoms with E-state index in [1.54, 1.807) is 26.0 Å². The molecule has 7 heteroatoms. The first-order valence-corrected chi connectivity index (χ1v) is 7.89. The van der Waals surface area contributed by atoms with E-state index in [0.29, 0.717) is 22.3 Å². The van der Waals surface area contributed by atoms with Gasteiger partial charge in [-0.05, 0) is 48.6 Å². The van der Waals surface area contributed by atoms with Crippen molar-refractivity contribution in [3.8, 4) is 16.9 Å². The summed E-state index contributed by atoms with van der Waals surface area (Å²) in [6.45, 7) is 4.02. The number of hydrogen-bond acceptors (Lipinski definition) is 3. The molecule has 0 spiro atoms. The van der Waals surface area contributed by atoms with Gasteiger partial charge in [0.25, 0.3) is 0 Å². The van der Waals surface area contributed by atoms with Crippen LogP contribution in [0.2, 0.25) is 0 Å². The summed E-state index contributed by atoms with van der Waals surface area (Å²) in [6.07, 6.45) is -4.95. The van der Waals surface area contributed by atoms with Crippen LogP contribution in [-0.2, 0) is 10.4 Å². The summed E-state index contributed by atoms with van der Waals surface area (Å²) < 4.78 is 47.2. The van der Waals surface area contributed by atoms with Gasteiger partial charge in [0, 0.05) is 11.1 Å². The molecule has 4 nitrogen and oxygen atoms in total. The standard InChI is InChI=1S/C19H17F3O4/c1-9-10(2)17(26-8-14(23)24)11(3)16-15(9)12-6-4-5-7-13(12)18(16,25)19(20,21)22/h4-7,25H,8H2,1-3H3,(H,23,24). The van der Waals surface area contributed by atoms with E-state index in [0.717, 1.165) is 0 Å². The lowest BCUT2D eigenvalue weighted by Crippen LogP contribution is -2.42. The van der Waals surface area contributed by atoms with Crippen LogP contribution in [0.4, 0.5) is 13.2 Å². The zero-order valence-electron chi connectivity index (χ0n) is 14.4. The summed E-state index contributed by atoms with van der Waals surface area (Å²) in [5.74, 6) is -1.18. The van der Waals surface area contributed by atoms with Crippen molar-refractivity contribution in [1.29, 1.82) is 0 Å². The predicted molar refractivity (Wildman–Crippen MR) is 88.3 cm³/mol. The number of alkyl halides is 3. The SMILES string of the molecule is Cc1c(C)c2c(c(C)c1OCC(=O)O)C(O)(C(F)(F)F)c1ccccc1-2. The Kier molecular flexibility index (Phi) is 4.03. The summed E-state index contributed by atoms with van der Waals surface area (Å²) in [6, 6.07) is 5.86. The lowest BCUT2D eigenvalue weighted by Gasteiger charge is -2.30. The number of aliphatic hydroxyl groups is 1. The van der Waals surface area contributed by atoms with E-state index in [-0.39, 0.29) is 22.4 Å². The second kappa shape index (κ2) is 5.74. The van der Waals surface area contributed by atoms with Crippen LogP contribution in [0.25, 0.3) is 11.1 Å². The molecule has 1 unspecified atom stereocenters. The zero-order valence-corrected chi connectivity index (χ0v) is 14.4. The van der Waals surface area contributed by atoms with Crippen molar-refractivity contribution in [3.63, 3.8) is 0 Å². The van der Waals surface area contributed by atoms with E-state index in [9.17, 15) is 23.1 Å². The molecule has 0 radical (unpaired) electrons. The molecule has 0 bridgehead atoms. The van der Waals surface area contributed by atoms with Crippen LogP contribution in [0.5, 0.6) is 5.75 Å². The van der Waals surface area contributed by atoms with Gasteiger partial charge in [-0.3, -0.25) is 0 Å². The first kappa shape index (κ1) is 18.3. The predicted octanol–water partition coefficient (Wildman–Crippen LogP) is 3.85. The third-order valence-corrected chi connectivity index (χ3v) is 4.94. The second-order valence-corrected chi connectivity index (χ2v) is 6.39. The van der Waals surface area contributed by atoms with E-state index < -0.39 is 24.4 Å². The maximum atomic E-state index is 14.0. The summed E-state index contributed by atoms with van der Waals surface area (Å²) in [4.78, 5) is 10.8. The minimum absolute atomic E-state index is 0.0548. The molecule has 0 fully saturated rings. The number of benzene rings is 2. The van der Waals surface area contributed by atoms with Crippen molar-refractivity contribution in [1.82, 2.24) is 0 Å². The minimum atomic E-state index is -4.95. The Morgan fingerprint density at radius 3 is 2.31 bits per heavy atom. The van der Waals surface area contributed by atoms with Crippen molar-refractivity contribution >= 4 is 5.97 Å². The molecule has 138 valence electrons. The molecule has 0 heterocycles. The topological polar surface area (TPSA) is 66.8 Å². The molecule has 1 atom stereocenters. The number of halogens is 3. The monoisotopic (exact) mass is 366 g/mol. The molecule has 26 heavy (non-hydrogen) atoms. The Hall–Kier alpha value is -2.54. The highest BCUT2D eigenvalue weighted by molar-refractivity contribution is 5.86. The van der Waals surface area contributed by atoms with Gasteiger partial charge in [-0.25, -0.2) is 4.79 Å². The number of ether oxygens (including phenoxy) is 1. The van der Waals surface area contributed by atoms with Crippen molar-refractivity contribution in [2.75, 3.05) is 6.61 Å². The maximum absolute atomic E-state index is 14.0. The van der Waals surface area contributed by atoms with Gasteiger partial charge >= 0.3 is 12.1 Å². The van der Waals surface area contributed by atoms with E-state index in [1.807, 2.05) is 0 Å². The Morgan fingerprint density at radius 1 is 1.12 bits per heavy atom. The number of rotatable bonds is 3. The number of hydrogen-bond donors (Lipinski definition) is 2. The zero-order chi connectivity index (χ0) is 19.4. The maximum Gasteiger partial charge on any atom is 0.425 e. The van der Waals surface area contributed by atoms with Crippen LogP contribution in [0, 0.1) is 20.8 Å². The van der Waals surface area contributed by atoms with Gasteiger partial charge in [0.2, 0.25) is 5.60 Å². The first-order valence-electron chi connectivity index (χ1n) is 7.89. The number of carboxylic acids is 1. The molecule has 0 aliphatic heterocycles. The van der Waals surface area contributed by atoms with Crippen molar-refractivity contribution < 1.29 is 32.9 Å². The Balaban J connectivity index is 2.40. The average Bonchev–Trinajstić information content (AvgIpc) is 2.83. The van der Waals surface area contributed by atoms with Gasteiger partial charge < -0.3 is 14.9 Å². The highest BCUT2D eigenvalue weighted by Gasteiger charge is 2.62. The highest BCUT2D eigenvalue weighted by Crippen LogP contribution is 2.58. The molecule has 0 aromatic heterocycles. The Bertz CT molecular complexity index is 918. The number of aliphatic carboxylic acids is 1.